The van der Waals surface area contributed by atoms with Crippen molar-refractivity contribution >= 4 is 11.9 Å². The van der Waals surface area contributed by atoms with Crippen LogP contribution in [0.5, 0.6) is 11.5 Å². The summed E-state index contributed by atoms with van der Waals surface area (Å²) in [6.45, 7) is 0.291. The average molecular weight is 318 g/mol. The molecule has 6 nitrogen and oxygen atoms in total. The SMILES string of the molecule is COc1ccc(CNC(=O)[C@H]2CC=CC[C@@H]2C(=O)[O-])cc1OC. The molecule has 2 atom stereocenters. The first-order chi connectivity index (χ1) is 11.1. The fourth-order valence-electron chi connectivity index (χ4n) is 2.68. The molecule has 0 bridgehead atoms. The summed E-state index contributed by atoms with van der Waals surface area (Å²) in [6, 6.07) is 5.35. The summed E-state index contributed by atoms with van der Waals surface area (Å²) in [5, 5.41) is 13.9. The van der Waals surface area contributed by atoms with E-state index in [9.17, 15) is 14.7 Å². The van der Waals surface area contributed by atoms with Crippen LogP contribution >= 0.6 is 0 Å². The van der Waals surface area contributed by atoms with Crippen molar-refractivity contribution in [2.24, 2.45) is 11.8 Å². The van der Waals surface area contributed by atoms with Crippen LogP contribution in [0.2, 0.25) is 0 Å². The Morgan fingerprint density at radius 1 is 1.13 bits per heavy atom. The summed E-state index contributed by atoms with van der Waals surface area (Å²) in [5.74, 6) is -1.64. The van der Waals surface area contributed by atoms with Gasteiger partial charge in [-0.15, -0.1) is 0 Å². The number of hydrogen-bond donors (Lipinski definition) is 1. The first-order valence-corrected chi connectivity index (χ1v) is 7.41. The van der Waals surface area contributed by atoms with Crippen LogP contribution < -0.4 is 19.9 Å². The molecule has 1 aromatic rings. The maximum atomic E-state index is 12.3. The normalized spacial score (nSPS) is 19.9. The van der Waals surface area contributed by atoms with Crippen molar-refractivity contribution in [2.45, 2.75) is 19.4 Å². The van der Waals surface area contributed by atoms with Gasteiger partial charge in [0, 0.05) is 24.3 Å². The van der Waals surface area contributed by atoms with Gasteiger partial charge in [-0.25, -0.2) is 0 Å². The van der Waals surface area contributed by atoms with Gasteiger partial charge < -0.3 is 24.7 Å². The maximum Gasteiger partial charge on any atom is 0.224 e. The highest BCUT2D eigenvalue weighted by molar-refractivity contribution is 5.84. The number of ether oxygens (including phenoxy) is 2. The van der Waals surface area contributed by atoms with Crippen molar-refractivity contribution < 1.29 is 24.2 Å². The minimum Gasteiger partial charge on any atom is -0.550 e. The fourth-order valence-corrected chi connectivity index (χ4v) is 2.68. The molecule has 1 amide bonds. The van der Waals surface area contributed by atoms with Crippen molar-refractivity contribution in [3.05, 3.63) is 35.9 Å². The van der Waals surface area contributed by atoms with E-state index in [2.05, 4.69) is 5.32 Å². The Morgan fingerprint density at radius 3 is 2.39 bits per heavy atom. The van der Waals surface area contributed by atoms with Crippen LogP contribution in [0.25, 0.3) is 0 Å². The van der Waals surface area contributed by atoms with Crippen molar-refractivity contribution in [3.63, 3.8) is 0 Å². The molecule has 0 fully saturated rings. The summed E-state index contributed by atoms with van der Waals surface area (Å²) < 4.78 is 10.4. The van der Waals surface area contributed by atoms with E-state index in [1.807, 2.05) is 12.1 Å². The number of amides is 1. The van der Waals surface area contributed by atoms with Gasteiger partial charge in [-0.05, 0) is 30.5 Å². The van der Waals surface area contributed by atoms with Gasteiger partial charge in [0.1, 0.15) is 0 Å². The highest BCUT2D eigenvalue weighted by Gasteiger charge is 2.29. The van der Waals surface area contributed by atoms with E-state index in [-0.39, 0.29) is 5.91 Å². The number of rotatable bonds is 6. The summed E-state index contributed by atoms with van der Waals surface area (Å²) in [7, 11) is 3.09. The Bertz CT molecular complexity index is 611. The molecule has 0 saturated carbocycles. The fraction of sp³-hybridized carbons (Fsp3) is 0.412. The van der Waals surface area contributed by atoms with E-state index >= 15 is 0 Å². The third-order valence-corrected chi connectivity index (χ3v) is 3.99. The number of benzene rings is 1. The molecule has 0 unspecified atom stereocenters. The quantitative estimate of drug-likeness (QED) is 0.778. The van der Waals surface area contributed by atoms with Crippen LogP contribution in [-0.2, 0) is 16.1 Å². The number of carbonyl (C=O) groups excluding carboxylic acids is 2. The number of nitrogens with one attached hydrogen (secondary N) is 1. The van der Waals surface area contributed by atoms with Crippen molar-refractivity contribution in [3.8, 4) is 11.5 Å². The average Bonchev–Trinajstić information content (AvgIpc) is 2.59. The summed E-state index contributed by atoms with van der Waals surface area (Å²) >= 11 is 0. The van der Waals surface area contributed by atoms with Crippen LogP contribution in [0.15, 0.2) is 30.4 Å². The third kappa shape index (κ3) is 4.03. The van der Waals surface area contributed by atoms with Crippen LogP contribution in [0.4, 0.5) is 0 Å². The van der Waals surface area contributed by atoms with Gasteiger partial charge in [-0.3, -0.25) is 4.79 Å². The molecular weight excluding hydrogens is 298 g/mol. The van der Waals surface area contributed by atoms with E-state index in [0.717, 1.165) is 5.56 Å². The number of hydrogen-bond acceptors (Lipinski definition) is 5. The molecule has 1 aliphatic rings. The second-order valence-electron chi connectivity index (χ2n) is 5.38. The van der Waals surface area contributed by atoms with Crippen molar-refractivity contribution in [1.82, 2.24) is 5.32 Å². The van der Waals surface area contributed by atoms with E-state index in [1.54, 1.807) is 32.4 Å². The lowest BCUT2D eigenvalue weighted by molar-refractivity contribution is -0.313. The summed E-state index contributed by atoms with van der Waals surface area (Å²) in [4.78, 5) is 23.4. The minimum atomic E-state index is -1.18. The molecule has 0 aliphatic heterocycles. The molecule has 23 heavy (non-hydrogen) atoms. The monoisotopic (exact) mass is 318 g/mol. The lowest BCUT2D eigenvalue weighted by Crippen LogP contribution is -2.43. The number of aliphatic carboxylic acids is 1. The first kappa shape index (κ1) is 16.9. The Kier molecular flexibility index (Phi) is 5.62. The topological polar surface area (TPSA) is 87.7 Å². The Labute approximate surface area is 135 Å². The molecule has 1 N–H and O–H groups in total. The van der Waals surface area contributed by atoms with E-state index in [1.165, 1.54) is 0 Å². The predicted molar refractivity (Wildman–Crippen MR) is 81.8 cm³/mol. The molecule has 2 rings (SSSR count). The summed E-state index contributed by atoms with van der Waals surface area (Å²) in [6.07, 6.45) is 4.35. The number of carboxylic acid groups (broad SMARTS) is 1. The smallest absolute Gasteiger partial charge is 0.224 e. The maximum absolute atomic E-state index is 12.3. The van der Waals surface area contributed by atoms with Gasteiger partial charge in [0.2, 0.25) is 5.91 Å². The number of carboxylic acids is 1. The molecule has 1 aliphatic carbocycles. The number of methoxy groups -OCH3 is 2. The van der Waals surface area contributed by atoms with E-state index in [4.69, 9.17) is 9.47 Å². The molecule has 0 aromatic heterocycles. The third-order valence-electron chi connectivity index (χ3n) is 3.99. The van der Waals surface area contributed by atoms with Crippen molar-refractivity contribution in [2.75, 3.05) is 14.2 Å². The molecule has 1 aromatic carbocycles. The van der Waals surface area contributed by atoms with Crippen LogP contribution in [0, 0.1) is 11.8 Å². The Morgan fingerprint density at radius 2 is 1.78 bits per heavy atom. The highest BCUT2D eigenvalue weighted by atomic mass is 16.5. The van der Waals surface area contributed by atoms with Crippen LogP contribution in [0.1, 0.15) is 18.4 Å². The zero-order valence-electron chi connectivity index (χ0n) is 13.2. The number of allylic oxidation sites excluding steroid dienone is 2. The standard InChI is InChI=1S/C17H21NO5/c1-22-14-8-7-11(9-15(14)23-2)10-18-16(19)12-5-3-4-6-13(12)17(20)21/h3-4,7-9,12-13H,5-6,10H2,1-2H3,(H,18,19)(H,20,21)/p-1/t12-,13-/m0/s1. The second-order valence-corrected chi connectivity index (χ2v) is 5.38. The van der Waals surface area contributed by atoms with Gasteiger partial charge in [-0.2, -0.15) is 0 Å². The first-order valence-electron chi connectivity index (χ1n) is 7.41. The van der Waals surface area contributed by atoms with Crippen LogP contribution in [-0.4, -0.2) is 26.1 Å². The predicted octanol–water partition coefficient (Wildman–Crippen LogP) is 0.652. The van der Waals surface area contributed by atoms with Crippen molar-refractivity contribution in [1.29, 1.82) is 0 Å². The minimum absolute atomic E-state index is 0.279. The highest BCUT2D eigenvalue weighted by Crippen LogP contribution is 2.28. The van der Waals surface area contributed by atoms with E-state index in [0.29, 0.717) is 30.9 Å². The second kappa shape index (κ2) is 7.67. The molecule has 0 heterocycles. The van der Waals surface area contributed by atoms with Crippen LogP contribution in [0.3, 0.4) is 0 Å². The van der Waals surface area contributed by atoms with Gasteiger partial charge >= 0.3 is 0 Å². The van der Waals surface area contributed by atoms with Gasteiger partial charge in [0.25, 0.3) is 0 Å². The number of carbonyl (C=O) groups is 2. The molecule has 124 valence electrons. The lowest BCUT2D eigenvalue weighted by Gasteiger charge is -2.28. The molecule has 6 heteroatoms. The molecule has 0 radical (unpaired) electrons. The Hall–Kier alpha value is -2.50. The zero-order chi connectivity index (χ0) is 16.8. The lowest BCUT2D eigenvalue weighted by atomic mass is 9.82. The molecular formula is C17H20NO5-. The van der Waals surface area contributed by atoms with Gasteiger partial charge in [0.05, 0.1) is 14.2 Å². The van der Waals surface area contributed by atoms with E-state index < -0.39 is 17.8 Å². The molecule has 0 spiro atoms. The van der Waals surface area contributed by atoms with Gasteiger partial charge in [0.15, 0.2) is 11.5 Å². The summed E-state index contributed by atoms with van der Waals surface area (Å²) in [5.41, 5.74) is 0.840. The Balaban J connectivity index is 2.01. The largest absolute Gasteiger partial charge is 0.550 e. The zero-order valence-corrected chi connectivity index (χ0v) is 13.2. The molecule has 0 saturated heterocycles. The van der Waals surface area contributed by atoms with Gasteiger partial charge in [-0.1, -0.05) is 18.2 Å².